The SMILES string of the molecule is CC1(C)c2ccccc2N(c2ccc(-c3ccc4c(c3)[Si]3(c5ccccc5Oc5ccccc53)c3ccccc3-4)cc2)c2ccccc21. The number of anilines is 3. The van der Waals surface area contributed by atoms with Crippen LogP contribution in [0.4, 0.5) is 17.1 Å². The zero-order valence-corrected chi connectivity index (χ0v) is 27.9. The molecule has 0 aromatic heterocycles. The van der Waals surface area contributed by atoms with Crippen molar-refractivity contribution in [3.8, 4) is 33.8 Å². The monoisotopic (exact) mass is 631 g/mol. The summed E-state index contributed by atoms with van der Waals surface area (Å²) < 4.78 is 6.57. The number of fused-ring (bicyclic) bond motifs is 11. The van der Waals surface area contributed by atoms with Gasteiger partial charge in [0.2, 0.25) is 0 Å². The summed E-state index contributed by atoms with van der Waals surface area (Å²) in [5.41, 5.74) is 11.4. The van der Waals surface area contributed by atoms with Crippen LogP contribution in [-0.2, 0) is 5.41 Å². The number of rotatable bonds is 2. The van der Waals surface area contributed by atoms with Crippen molar-refractivity contribution in [3.05, 3.63) is 175 Å². The zero-order chi connectivity index (χ0) is 32.0. The van der Waals surface area contributed by atoms with E-state index in [0.717, 1.165) is 11.5 Å². The lowest BCUT2D eigenvalue weighted by Crippen LogP contribution is -2.74. The van der Waals surface area contributed by atoms with Crippen LogP contribution in [0.5, 0.6) is 11.5 Å². The van der Waals surface area contributed by atoms with E-state index in [1.807, 2.05) is 0 Å². The van der Waals surface area contributed by atoms with Gasteiger partial charge in [-0.1, -0.05) is 141 Å². The Labute approximate surface area is 282 Å². The van der Waals surface area contributed by atoms with Gasteiger partial charge in [0.15, 0.2) is 8.07 Å². The van der Waals surface area contributed by atoms with Crippen molar-refractivity contribution in [1.29, 1.82) is 0 Å². The van der Waals surface area contributed by atoms with Gasteiger partial charge in [-0.15, -0.1) is 0 Å². The van der Waals surface area contributed by atoms with E-state index in [9.17, 15) is 0 Å². The molecule has 1 spiro atoms. The van der Waals surface area contributed by atoms with Crippen LogP contribution in [0.1, 0.15) is 25.0 Å². The van der Waals surface area contributed by atoms with Crippen LogP contribution in [0.2, 0.25) is 0 Å². The molecule has 228 valence electrons. The van der Waals surface area contributed by atoms with Gasteiger partial charge < -0.3 is 9.64 Å². The summed E-state index contributed by atoms with van der Waals surface area (Å²) in [4.78, 5) is 2.43. The summed E-state index contributed by atoms with van der Waals surface area (Å²) in [7, 11) is -2.63. The maximum atomic E-state index is 6.57. The van der Waals surface area contributed by atoms with Crippen LogP contribution in [0.25, 0.3) is 22.3 Å². The first-order chi connectivity index (χ1) is 23.6. The summed E-state index contributed by atoms with van der Waals surface area (Å²) in [6, 6.07) is 60.5. The molecule has 0 N–H and O–H groups in total. The Balaban J connectivity index is 1.14. The highest BCUT2D eigenvalue weighted by Crippen LogP contribution is 2.51. The minimum Gasteiger partial charge on any atom is -0.458 e. The van der Waals surface area contributed by atoms with E-state index in [2.05, 4.69) is 183 Å². The Morgan fingerprint density at radius 2 is 0.958 bits per heavy atom. The van der Waals surface area contributed by atoms with Crippen molar-refractivity contribution >= 4 is 45.9 Å². The molecule has 0 unspecified atom stereocenters. The van der Waals surface area contributed by atoms with Crippen molar-refractivity contribution in [3.63, 3.8) is 0 Å². The van der Waals surface area contributed by atoms with Crippen molar-refractivity contribution in [1.82, 2.24) is 0 Å². The number of hydrogen-bond donors (Lipinski definition) is 0. The smallest absolute Gasteiger partial charge is 0.189 e. The number of hydrogen-bond acceptors (Lipinski definition) is 2. The largest absolute Gasteiger partial charge is 0.458 e. The molecule has 3 aliphatic heterocycles. The van der Waals surface area contributed by atoms with Gasteiger partial charge in [0.1, 0.15) is 11.5 Å². The van der Waals surface area contributed by atoms with Gasteiger partial charge in [0, 0.05) is 11.1 Å². The van der Waals surface area contributed by atoms with Gasteiger partial charge in [-0.05, 0) is 90.5 Å². The Hall–Kier alpha value is -5.64. The summed E-state index contributed by atoms with van der Waals surface area (Å²) in [5.74, 6) is 1.95. The number of para-hydroxylation sites is 4. The molecule has 0 fully saturated rings. The Kier molecular flexibility index (Phi) is 5.68. The molecule has 3 aliphatic rings. The molecule has 3 heterocycles. The van der Waals surface area contributed by atoms with E-state index >= 15 is 0 Å². The summed E-state index contributed by atoms with van der Waals surface area (Å²) in [5, 5.41) is 5.54. The van der Waals surface area contributed by atoms with Crippen LogP contribution >= 0.6 is 0 Å². The van der Waals surface area contributed by atoms with Crippen LogP contribution < -0.4 is 30.4 Å². The molecule has 0 aliphatic carbocycles. The average Bonchev–Trinajstić information content (AvgIpc) is 3.42. The van der Waals surface area contributed by atoms with E-state index in [1.54, 1.807) is 0 Å². The van der Waals surface area contributed by atoms with Crippen molar-refractivity contribution in [2.24, 2.45) is 0 Å². The molecule has 0 bridgehead atoms. The third kappa shape index (κ3) is 3.57. The van der Waals surface area contributed by atoms with Crippen LogP contribution in [0.15, 0.2) is 164 Å². The average molecular weight is 632 g/mol. The van der Waals surface area contributed by atoms with E-state index in [4.69, 9.17) is 4.74 Å². The molecule has 0 saturated heterocycles. The summed E-state index contributed by atoms with van der Waals surface area (Å²) in [6.07, 6.45) is 0. The van der Waals surface area contributed by atoms with Crippen molar-refractivity contribution in [2.75, 3.05) is 4.90 Å². The normalized spacial score (nSPS) is 15.3. The zero-order valence-electron chi connectivity index (χ0n) is 26.9. The first-order valence-electron chi connectivity index (χ1n) is 16.8. The van der Waals surface area contributed by atoms with Gasteiger partial charge >= 0.3 is 0 Å². The fourth-order valence-corrected chi connectivity index (χ4v) is 14.2. The van der Waals surface area contributed by atoms with Gasteiger partial charge in [-0.2, -0.15) is 0 Å². The summed E-state index contributed by atoms with van der Waals surface area (Å²) in [6.45, 7) is 4.67. The first kappa shape index (κ1) is 27.5. The standard InChI is InChI=1S/C45H33NOSi/c1-45(2)35-14-4-6-16-37(35)46(38-17-7-5-15-36(38)45)32-26-23-30(24-27-32)31-25-28-34-33-13-3-10-20-41(33)48(44(34)29-31)42-21-11-8-18-39(42)47-40-19-9-12-22-43(40)48/h3-29H,1-2H3. The predicted octanol–water partition coefficient (Wildman–Crippen LogP) is 8.93. The Morgan fingerprint density at radius 3 is 1.60 bits per heavy atom. The molecule has 10 rings (SSSR count). The molecule has 7 aromatic rings. The third-order valence-corrected chi connectivity index (χ3v) is 15.9. The Morgan fingerprint density at radius 1 is 0.458 bits per heavy atom. The predicted molar refractivity (Wildman–Crippen MR) is 201 cm³/mol. The molecule has 0 amide bonds. The minimum atomic E-state index is -2.63. The number of ether oxygens (including phenoxy) is 1. The van der Waals surface area contributed by atoms with E-state index in [-0.39, 0.29) is 5.41 Å². The minimum absolute atomic E-state index is 0.0765. The summed E-state index contributed by atoms with van der Waals surface area (Å²) >= 11 is 0. The molecule has 0 atom stereocenters. The fraction of sp³-hybridized carbons (Fsp3) is 0.0667. The van der Waals surface area contributed by atoms with E-state index in [1.165, 1.54) is 71.2 Å². The lowest BCUT2D eigenvalue weighted by molar-refractivity contribution is 0.487. The lowest BCUT2D eigenvalue weighted by atomic mass is 9.73. The van der Waals surface area contributed by atoms with E-state index < -0.39 is 8.07 Å². The van der Waals surface area contributed by atoms with E-state index in [0.29, 0.717) is 0 Å². The number of benzene rings is 7. The van der Waals surface area contributed by atoms with Crippen molar-refractivity contribution < 1.29 is 4.74 Å². The third-order valence-electron chi connectivity index (χ3n) is 10.9. The van der Waals surface area contributed by atoms with Crippen LogP contribution in [0, 0.1) is 0 Å². The highest BCUT2D eigenvalue weighted by atomic mass is 28.3. The van der Waals surface area contributed by atoms with Gasteiger partial charge in [-0.25, -0.2) is 0 Å². The topological polar surface area (TPSA) is 12.5 Å². The maximum absolute atomic E-state index is 6.57. The van der Waals surface area contributed by atoms with Gasteiger partial charge in [0.25, 0.3) is 0 Å². The molecule has 0 saturated carbocycles. The first-order valence-corrected chi connectivity index (χ1v) is 18.8. The molecular formula is C45H33NOSi. The highest BCUT2D eigenvalue weighted by Gasteiger charge is 2.53. The lowest BCUT2D eigenvalue weighted by Gasteiger charge is -2.42. The second kappa shape index (κ2) is 9.93. The van der Waals surface area contributed by atoms with Crippen LogP contribution in [-0.4, -0.2) is 8.07 Å². The Bertz CT molecular complexity index is 2330. The van der Waals surface area contributed by atoms with Gasteiger partial charge in [-0.3, -0.25) is 0 Å². The fourth-order valence-electron chi connectivity index (χ4n) is 8.78. The van der Waals surface area contributed by atoms with Gasteiger partial charge in [0.05, 0.1) is 11.4 Å². The maximum Gasteiger partial charge on any atom is 0.189 e. The quantitative estimate of drug-likeness (QED) is 0.177. The second-order valence-electron chi connectivity index (χ2n) is 13.7. The molecule has 2 nitrogen and oxygen atoms in total. The molecule has 7 aromatic carbocycles. The second-order valence-corrected chi connectivity index (χ2v) is 17.3. The molecular weight excluding hydrogens is 599 g/mol. The molecule has 0 radical (unpaired) electrons. The molecule has 48 heavy (non-hydrogen) atoms. The van der Waals surface area contributed by atoms with Crippen molar-refractivity contribution in [2.45, 2.75) is 19.3 Å². The van der Waals surface area contributed by atoms with Crippen LogP contribution in [0.3, 0.4) is 0 Å². The number of nitrogens with zero attached hydrogens (tertiary/aromatic N) is 1. The highest BCUT2D eigenvalue weighted by molar-refractivity contribution is 7.23. The molecule has 3 heteroatoms.